The highest BCUT2D eigenvalue weighted by molar-refractivity contribution is 5.56. The van der Waals surface area contributed by atoms with E-state index in [0.29, 0.717) is 10.9 Å². The maximum absolute atomic E-state index is 14.2. The predicted octanol–water partition coefficient (Wildman–Crippen LogP) is 0.697. The summed E-state index contributed by atoms with van der Waals surface area (Å²) in [5, 5.41) is 14.6. The summed E-state index contributed by atoms with van der Waals surface area (Å²) in [7, 11) is 0. The van der Waals surface area contributed by atoms with Crippen LogP contribution in [0.1, 0.15) is 24.1 Å². The first-order chi connectivity index (χ1) is 14.5. The van der Waals surface area contributed by atoms with Crippen molar-refractivity contribution >= 4 is 11.7 Å². The van der Waals surface area contributed by atoms with E-state index in [2.05, 4.69) is 30.0 Å². The zero-order valence-corrected chi connectivity index (χ0v) is 15.8. The third-order valence-electron chi connectivity index (χ3n) is 4.53. The van der Waals surface area contributed by atoms with Crippen molar-refractivity contribution in [1.29, 1.82) is 0 Å². The van der Waals surface area contributed by atoms with Crippen molar-refractivity contribution in [3.05, 3.63) is 62.8 Å². The fourth-order valence-electron chi connectivity index (χ4n) is 2.89. The number of aromatic amines is 2. The van der Waals surface area contributed by atoms with Gasteiger partial charge in [0, 0.05) is 5.22 Å². The van der Waals surface area contributed by atoms with Crippen molar-refractivity contribution in [3.63, 3.8) is 0 Å². The fraction of sp³-hybridized carbons (Fsp3) is 0.211. The molecule has 1 aromatic carbocycles. The maximum atomic E-state index is 14.2. The highest BCUT2D eigenvalue weighted by Gasteiger charge is 2.21. The van der Waals surface area contributed by atoms with Crippen molar-refractivity contribution in [2.75, 3.05) is 0 Å². The van der Waals surface area contributed by atoms with Crippen molar-refractivity contribution in [3.8, 4) is 17.6 Å². The molecule has 3 N–H and O–H groups in total. The lowest BCUT2D eigenvalue weighted by Crippen LogP contribution is -2.23. The number of hydrogen-bond acceptors (Lipinski definition) is 7. The van der Waals surface area contributed by atoms with Crippen molar-refractivity contribution < 1.29 is 14.2 Å². The Bertz CT molecular complexity index is 1450. The van der Waals surface area contributed by atoms with Crippen LogP contribution >= 0.6 is 0 Å². The number of imidazole rings is 1. The molecule has 1 fully saturated rings. The van der Waals surface area contributed by atoms with E-state index in [-0.39, 0.29) is 35.0 Å². The second-order valence-electron chi connectivity index (χ2n) is 7.02. The number of aryl methyl sites for hydroxylation is 1. The van der Waals surface area contributed by atoms with Gasteiger partial charge in [0.25, 0.3) is 5.62 Å². The number of aromatic nitrogens is 6. The van der Waals surface area contributed by atoms with Gasteiger partial charge in [-0.15, -0.1) is 0 Å². The van der Waals surface area contributed by atoms with Gasteiger partial charge in [-0.25, -0.2) is 14.2 Å². The van der Waals surface area contributed by atoms with E-state index in [9.17, 15) is 14.3 Å². The van der Waals surface area contributed by atoms with Crippen LogP contribution in [-0.2, 0) is 0 Å². The summed E-state index contributed by atoms with van der Waals surface area (Å²) >= 11 is 0. The smallest absolute Gasteiger partial charge is 0.327 e. The lowest BCUT2D eigenvalue weighted by molar-refractivity contribution is 0.406. The SMILES string of the molecule is Cc1ccc(F)c(Oc2nc(=NC3CC3)n3ncc(=Cc4[nH]c(=O)[nH]c4O)c3n2)c1. The molecule has 0 unspecified atom stereocenters. The molecule has 0 saturated heterocycles. The average Bonchev–Trinajstić information content (AvgIpc) is 3.34. The number of hydrogen-bond donors (Lipinski definition) is 3. The van der Waals surface area contributed by atoms with Gasteiger partial charge in [-0.2, -0.15) is 19.6 Å². The van der Waals surface area contributed by atoms with Crippen LogP contribution in [0.4, 0.5) is 4.39 Å². The Morgan fingerprint density at radius 1 is 1.33 bits per heavy atom. The van der Waals surface area contributed by atoms with Crippen LogP contribution in [0.15, 0.2) is 34.2 Å². The summed E-state index contributed by atoms with van der Waals surface area (Å²) in [6, 6.07) is 4.55. The number of benzene rings is 1. The number of aromatic hydroxyl groups is 1. The zero-order valence-electron chi connectivity index (χ0n) is 15.8. The van der Waals surface area contributed by atoms with Crippen LogP contribution in [0, 0.1) is 12.7 Å². The molecule has 11 heteroatoms. The largest absolute Gasteiger partial charge is 0.493 e. The Morgan fingerprint density at radius 3 is 2.90 bits per heavy atom. The molecule has 3 heterocycles. The molecule has 1 saturated carbocycles. The molecule has 3 aromatic heterocycles. The van der Waals surface area contributed by atoms with E-state index in [4.69, 9.17) is 4.74 Å². The number of nitrogens with zero attached hydrogens (tertiary/aromatic N) is 5. The van der Waals surface area contributed by atoms with E-state index in [1.165, 1.54) is 22.9 Å². The first-order valence-electron chi connectivity index (χ1n) is 9.23. The molecule has 0 atom stereocenters. The van der Waals surface area contributed by atoms with E-state index >= 15 is 0 Å². The van der Waals surface area contributed by atoms with Crippen molar-refractivity contribution in [2.24, 2.45) is 4.99 Å². The van der Waals surface area contributed by atoms with E-state index < -0.39 is 11.5 Å². The minimum absolute atomic E-state index is 0.00521. The van der Waals surface area contributed by atoms with E-state index in [1.54, 1.807) is 12.1 Å². The maximum Gasteiger partial charge on any atom is 0.327 e. The van der Waals surface area contributed by atoms with Gasteiger partial charge in [0.15, 0.2) is 17.2 Å². The molecule has 0 radical (unpaired) electrons. The third-order valence-corrected chi connectivity index (χ3v) is 4.53. The van der Waals surface area contributed by atoms with Gasteiger partial charge in [-0.1, -0.05) is 6.07 Å². The first-order valence-corrected chi connectivity index (χ1v) is 9.23. The molecule has 30 heavy (non-hydrogen) atoms. The molecule has 1 aliphatic carbocycles. The Balaban J connectivity index is 1.69. The van der Waals surface area contributed by atoms with Crippen LogP contribution in [0.25, 0.3) is 11.7 Å². The second-order valence-corrected chi connectivity index (χ2v) is 7.02. The van der Waals surface area contributed by atoms with Crippen LogP contribution in [-0.4, -0.2) is 40.7 Å². The molecule has 0 aliphatic heterocycles. The first kappa shape index (κ1) is 18.0. The van der Waals surface area contributed by atoms with Crippen LogP contribution in [0.5, 0.6) is 17.6 Å². The summed E-state index contributed by atoms with van der Waals surface area (Å²) in [4.78, 5) is 29.3. The zero-order chi connectivity index (χ0) is 20.8. The number of halogens is 1. The normalized spacial score (nSPS) is 15.3. The molecule has 1 aliphatic rings. The molecule has 0 amide bonds. The van der Waals surface area contributed by atoms with Gasteiger partial charge in [0.1, 0.15) is 5.69 Å². The van der Waals surface area contributed by atoms with Gasteiger partial charge in [0.05, 0.1) is 12.2 Å². The van der Waals surface area contributed by atoms with Crippen LogP contribution in [0.3, 0.4) is 0 Å². The van der Waals surface area contributed by atoms with Crippen molar-refractivity contribution in [1.82, 2.24) is 29.5 Å². The molecule has 0 spiro atoms. The number of fused-ring (bicyclic) bond motifs is 1. The van der Waals surface area contributed by atoms with E-state index in [1.807, 2.05) is 6.92 Å². The summed E-state index contributed by atoms with van der Waals surface area (Å²) in [6.45, 7) is 1.82. The molecular weight excluding hydrogens is 393 g/mol. The predicted molar refractivity (Wildman–Crippen MR) is 102 cm³/mol. The van der Waals surface area contributed by atoms with Gasteiger partial charge < -0.3 is 14.8 Å². The monoisotopic (exact) mass is 409 g/mol. The Hall–Kier alpha value is -4.02. The highest BCUT2D eigenvalue weighted by Crippen LogP contribution is 2.24. The molecule has 5 rings (SSSR count). The lowest BCUT2D eigenvalue weighted by Gasteiger charge is -2.06. The molecule has 10 nitrogen and oxygen atoms in total. The number of H-pyrrole nitrogens is 2. The molecule has 4 aromatic rings. The minimum atomic E-state index is -0.548. The fourth-order valence-corrected chi connectivity index (χ4v) is 2.89. The molecule has 152 valence electrons. The standard InChI is InChI=1S/C19H16FN7O3/c1-9-2-5-12(20)14(6-9)30-19-24-15-10(7-13-16(28)25-18(29)23-13)8-21-27(15)17(26-19)22-11-3-4-11/h2,5-8,11,28H,3-4H2,1H3,(H2,23,25,29). The number of nitrogens with one attached hydrogen (secondary N) is 2. The van der Waals surface area contributed by atoms with Gasteiger partial charge in [-0.05, 0) is 43.5 Å². The summed E-state index contributed by atoms with van der Waals surface area (Å²) in [6.07, 6.45) is 4.90. The van der Waals surface area contributed by atoms with E-state index in [0.717, 1.165) is 18.4 Å². The van der Waals surface area contributed by atoms with Crippen LogP contribution in [0.2, 0.25) is 0 Å². The number of rotatable bonds is 4. The summed E-state index contributed by atoms with van der Waals surface area (Å²) in [5.74, 6) is -0.858. The van der Waals surface area contributed by atoms with Gasteiger partial charge in [-0.3, -0.25) is 4.98 Å². The quantitative estimate of drug-likeness (QED) is 0.454. The summed E-state index contributed by atoms with van der Waals surface area (Å²) in [5.41, 5.74) is 1.04. The topological polar surface area (TPSA) is 134 Å². The second kappa shape index (κ2) is 6.79. The Kier molecular flexibility index (Phi) is 4.09. The molecule has 0 bridgehead atoms. The minimum Gasteiger partial charge on any atom is -0.493 e. The summed E-state index contributed by atoms with van der Waals surface area (Å²) < 4.78 is 21.2. The average molecular weight is 409 g/mol. The van der Waals surface area contributed by atoms with Gasteiger partial charge in [0.2, 0.25) is 5.88 Å². The Labute approximate surface area is 167 Å². The lowest BCUT2D eigenvalue weighted by atomic mass is 10.2. The van der Waals surface area contributed by atoms with Crippen LogP contribution < -0.4 is 21.3 Å². The molecular formula is C19H16FN7O3. The number of ether oxygens (including phenoxy) is 1. The Morgan fingerprint density at radius 2 is 2.17 bits per heavy atom. The third kappa shape index (κ3) is 3.41. The van der Waals surface area contributed by atoms with Crippen molar-refractivity contribution in [2.45, 2.75) is 25.8 Å². The highest BCUT2D eigenvalue weighted by atomic mass is 19.1. The van der Waals surface area contributed by atoms with Gasteiger partial charge >= 0.3 is 11.7 Å².